The van der Waals surface area contributed by atoms with Gasteiger partial charge in [0.2, 0.25) is 0 Å². The number of benzene rings is 1. The molecule has 0 aromatic heterocycles. The summed E-state index contributed by atoms with van der Waals surface area (Å²) in [5.74, 6) is -7.46. The molecule has 6 heteroatoms. The summed E-state index contributed by atoms with van der Waals surface area (Å²) in [4.78, 5) is 10.8. The van der Waals surface area contributed by atoms with Crippen LogP contribution in [0, 0.1) is 17.5 Å². The zero-order valence-electron chi connectivity index (χ0n) is 6.97. The van der Waals surface area contributed by atoms with Crippen molar-refractivity contribution in [3.8, 4) is 5.75 Å². The summed E-state index contributed by atoms with van der Waals surface area (Å²) in [6, 6.07) is 0.296. The zero-order chi connectivity index (χ0) is 10.9. The fourth-order valence-electron chi connectivity index (χ4n) is 0.879. The van der Waals surface area contributed by atoms with E-state index in [0.717, 1.165) is 7.11 Å². The van der Waals surface area contributed by atoms with Gasteiger partial charge >= 0.3 is 5.97 Å². The fraction of sp³-hybridized carbons (Fsp3) is 0.125. The third-order valence-electron chi connectivity index (χ3n) is 1.53. The van der Waals surface area contributed by atoms with Gasteiger partial charge in [0.25, 0.3) is 0 Å². The van der Waals surface area contributed by atoms with Gasteiger partial charge in [-0.1, -0.05) is 0 Å². The molecule has 0 aliphatic heterocycles. The lowest BCUT2D eigenvalue weighted by Crippen LogP contribution is -2.08. The molecule has 76 valence electrons. The predicted octanol–water partition coefficient (Wildman–Crippen LogP) is 1.60. The summed E-state index contributed by atoms with van der Waals surface area (Å²) in [5, 5.41) is 8.95. The third kappa shape index (κ3) is 1.50. The summed E-state index contributed by atoms with van der Waals surface area (Å²) >= 11 is 0. The van der Waals surface area contributed by atoms with Crippen LogP contribution in [0.25, 0.3) is 0 Å². The Kier molecular flexibility index (Phi) is 2.64. The average molecular weight is 206 g/mol. The lowest BCUT2D eigenvalue weighted by atomic mass is 10.1. The topological polar surface area (TPSA) is 46.5 Å². The number of carbonyl (C=O) groups is 1. The van der Waals surface area contributed by atoms with Crippen LogP contribution in [-0.4, -0.2) is 18.2 Å². The van der Waals surface area contributed by atoms with Gasteiger partial charge in [-0.2, -0.15) is 0 Å². The number of hydrogen-bond acceptors (Lipinski definition) is 3. The number of phenols is 1. The second-order valence-corrected chi connectivity index (χ2v) is 2.37. The molecule has 0 radical (unpaired) electrons. The Hall–Kier alpha value is -1.72. The maximum atomic E-state index is 12.9. The van der Waals surface area contributed by atoms with Crippen molar-refractivity contribution in [3.05, 3.63) is 29.1 Å². The highest BCUT2D eigenvalue weighted by molar-refractivity contribution is 5.92. The standard InChI is InChI=1S/C8H5F3O3/c1-14-8(13)5-4(12)2-3(9)6(10)7(5)11/h2,12H,1H3. The van der Waals surface area contributed by atoms with Gasteiger partial charge in [0.15, 0.2) is 17.5 Å². The number of carbonyl (C=O) groups excluding carboxylic acids is 1. The minimum absolute atomic E-state index is 0.296. The van der Waals surface area contributed by atoms with Gasteiger partial charge < -0.3 is 9.84 Å². The molecule has 14 heavy (non-hydrogen) atoms. The fourth-order valence-corrected chi connectivity index (χ4v) is 0.879. The summed E-state index contributed by atoms with van der Waals surface area (Å²) in [5.41, 5.74) is -1.02. The minimum Gasteiger partial charge on any atom is -0.507 e. The van der Waals surface area contributed by atoms with Crippen molar-refractivity contribution in [2.24, 2.45) is 0 Å². The van der Waals surface area contributed by atoms with Gasteiger partial charge in [0.05, 0.1) is 7.11 Å². The predicted molar refractivity (Wildman–Crippen MR) is 39.3 cm³/mol. The molecule has 0 saturated carbocycles. The second kappa shape index (κ2) is 3.57. The number of esters is 1. The highest BCUT2D eigenvalue weighted by Crippen LogP contribution is 2.25. The first-order valence-electron chi connectivity index (χ1n) is 3.43. The van der Waals surface area contributed by atoms with Crippen LogP contribution in [0.1, 0.15) is 10.4 Å². The number of hydrogen-bond donors (Lipinski definition) is 1. The van der Waals surface area contributed by atoms with Crippen molar-refractivity contribution in [1.29, 1.82) is 0 Å². The number of halogens is 3. The van der Waals surface area contributed by atoms with Crippen molar-refractivity contribution in [2.75, 3.05) is 7.11 Å². The molecule has 0 fully saturated rings. The van der Waals surface area contributed by atoms with Crippen molar-refractivity contribution in [2.45, 2.75) is 0 Å². The van der Waals surface area contributed by atoms with Crippen LogP contribution in [0.5, 0.6) is 5.75 Å². The molecule has 0 saturated heterocycles. The van der Waals surface area contributed by atoms with Crippen molar-refractivity contribution >= 4 is 5.97 Å². The molecule has 0 aliphatic rings. The van der Waals surface area contributed by atoms with E-state index in [1.165, 1.54) is 0 Å². The van der Waals surface area contributed by atoms with E-state index in [4.69, 9.17) is 5.11 Å². The Morgan fingerprint density at radius 3 is 2.43 bits per heavy atom. The van der Waals surface area contributed by atoms with Gasteiger partial charge in [0.1, 0.15) is 11.3 Å². The summed E-state index contributed by atoms with van der Waals surface area (Å²) in [7, 11) is 0.919. The van der Waals surface area contributed by atoms with Crippen LogP contribution in [0.2, 0.25) is 0 Å². The Balaban J connectivity index is 3.44. The van der Waals surface area contributed by atoms with E-state index in [2.05, 4.69) is 4.74 Å². The molecule has 0 atom stereocenters. The van der Waals surface area contributed by atoms with E-state index < -0.39 is 34.7 Å². The molecular formula is C8H5F3O3. The first kappa shape index (κ1) is 10.4. The molecule has 1 aromatic rings. The molecule has 1 aromatic carbocycles. The number of aromatic hydroxyl groups is 1. The Labute approximate surface area is 76.7 Å². The van der Waals surface area contributed by atoms with E-state index in [1.54, 1.807) is 0 Å². The van der Waals surface area contributed by atoms with Gasteiger partial charge in [-0.3, -0.25) is 0 Å². The van der Waals surface area contributed by atoms with Crippen molar-refractivity contribution < 1.29 is 27.8 Å². The van der Waals surface area contributed by atoms with Gasteiger partial charge in [-0.25, -0.2) is 18.0 Å². The quantitative estimate of drug-likeness (QED) is 0.560. The van der Waals surface area contributed by atoms with Crippen LogP contribution in [0.3, 0.4) is 0 Å². The average Bonchev–Trinajstić information content (AvgIpc) is 2.14. The van der Waals surface area contributed by atoms with Crippen molar-refractivity contribution in [3.63, 3.8) is 0 Å². The van der Waals surface area contributed by atoms with Crippen LogP contribution in [-0.2, 0) is 4.74 Å². The molecule has 0 bridgehead atoms. The first-order chi connectivity index (χ1) is 6.49. The lowest BCUT2D eigenvalue weighted by Gasteiger charge is -2.04. The van der Waals surface area contributed by atoms with Gasteiger partial charge in [-0.05, 0) is 0 Å². The second-order valence-electron chi connectivity index (χ2n) is 2.37. The van der Waals surface area contributed by atoms with E-state index in [-0.39, 0.29) is 0 Å². The Morgan fingerprint density at radius 2 is 1.93 bits per heavy atom. The molecule has 0 unspecified atom stereocenters. The van der Waals surface area contributed by atoms with Crippen LogP contribution in [0.15, 0.2) is 6.07 Å². The number of methoxy groups -OCH3 is 1. The molecule has 3 nitrogen and oxygen atoms in total. The molecule has 1 rings (SSSR count). The number of ether oxygens (including phenoxy) is 1. The van der Waals surface area contributed by atoms with E-state index in [1.807, 2.05) is 0 Å². The Bertz CT molecular complexity index is 390. The maximum absolute atomic E-state index is 12.9. The lowest BCUT2D eigenvalue weighted by molar-refractivity contribution is 0.0590. The summed E-state index contributed by atoms with van der Waals surface area (Å²) in [6.45, 7) is 0. The Morgan fingerprint density at radius 1 is 1.36 bits per heavy atom. The summed E-state index contributed by atoms with van der Waals surface area (Å²) in [6.07, 6.45) is 0. The zero-order valence-corrected chi connectivity index (χ0v) is 6.97. The van der Waals surface area contributed by atoms with Crippen LogP contribution >= 0.6 is 0 Å². The molecule has 0 aliphatic carbocycles. The summed E-state index contributed by atoms with van der Waals surface area (Å²) < 4.78 is 42.0. The highest BCUT2D eigenvalue weighted by Gasteiger charge is 2.24. The first-order valence-corrected chi connectivity index (χ1v) is 3.43. The van der Waals surface area contributed by atoms with E-state index in [9.17, 15) is 18.0 Å². The molecule has 0 spiro atoms. The van der Waals surface area contributed by atoms with Gasteiger partial charge in [-0.15, -0.1) is 0 Å². The third-order valence-corrected chi connectivity index (χ3v) is 1.53. The van der Waals surface area contributed by atoms with Gasteiger partial charge in [0, 0.05) is 6.07 Å². The van der Waals surface area contributed by atoms with Crippen LogP contribution in [0.4, 0.5) is 13.2 Å². The molecule has 1 N–H and O–H groups in total. The minimum atomic E-state index is -1.83. The van der Waals surface area contributed by atoms with Crippen LogP contribution < -0.4 is 0 Å². The van der Waals surface area contributed by atoms with Crippen molar-refractivity contribution in [1.82, 2.24) is 0 Å². The number of phenolic OH excluding ortho intramolecular Hbond substituents is 1. The van der Waals surface area contributed by atoms with E-state index in [0.29, 0.717) is 6.07 Å². The molecule has 0 amide bonds. The molecular weight excluding hydrogens is 201 g/mol. The number of rotatable bonds is 1. The SMILES string of the molecule is COC(=O)c1c(O)cc(F)c(F)c1F. The van der Waals surface area contributed by atoms with E-state index >= 15 is 0 Å². The normalized spacial score (nSPS) is 10.0. The highest BCUT2D eigenvalue weighted by atomic mass is 19.2. The monoisotopic (exact) mass is 206 g/mol. The molecule has 0 heterocycles. The largest absolute Gasteiger partial charge is 0.507 e. The smallest absolute Gasteiger partial charge is 0.344 e. The maximum Gasteiger partial charge on any atom is 0.344 e.